The normalized spacial score (nSPS) is 12.4. The molecule has 0 saturated heterocycles. The average Bonchev–Trinajstić information content (AvgIpc) is 2.68. The van der Waals surface area contributed by atoms with Crippen LogP contribution in [0.15, 0.2) is 48.5 Å². The zero-order valence-corrected chi connectivity index (χ0v) is 17.4. The Labute approximate surface area is 168 Å². The number of nitrogens with zero attached hydrogens (tertiary/aromatic N) is 1. The minimum Gasteiger partial charge on any atom is -0.493 e. The quantitative estimate of drug-likeness (QED) is 0.601. The zero-order chi connectivity index (χ0) is 20.4. The van der Waals surface area contributed by atoms with Gasteiger partial charge in [0.15, 0.2) is 11.5 Å². The van der Waals surface area contributed by atoms with Crippen molar-refractivity contribution in [3.05, 3.63) is 59.7 Å². The molecule has 0 heterocycles. The van der Waals surface area contributed by atoms with E-state index in [0.29, 0.717) is 38.0 Å². The van der Waals surface area contributed by atoms with E-state index in [0.717, 1.165) is 17.9 Å². The second kappa shape index (κ2) is 11.7. The molecular formula is C23H33NO4. The Morgan fingerprint density at radius 2 is 1.64 bits per heavy atom. The number of rotatable bonds is 12. The molecule has 0 fully saturated rings. The van der Waals surface area contributed by atoms with Crippen LogP contribution in [0, 0.1) is 5.92 Å². The highest BCUT2D eigenvalue weighted by molar-refractivity contribution is 5.46. The molecule has 5 nitrogen and oxygen atoms in total. The van der Waals surface area contributed by atoms with Crippen LogP contribution in [-0.2, 0) is 17.8 Å². The number of aliphatic hydroxyl groups is 1. The van der Waals surface area contributed by atoms with Crippen LogP contribution in [0.25, 0.3) is 0 Å². The molecule has 2 aromatic rings. The summed E-state index contributed by atoms with van der Waals surface area (Å²) in [6.45, 7) is 7.05. The Balaban J connectivity index is 2.12. The van der Waals surface area contributed by atoms with Gasteiger partial charge in [0.2, 0.25) is 0 Å². The van der Waals surface area contributed by atoms with Crippen LogP contribution in [0.1, 0.15) is 25.0 Å². The lowest BCUT2D eigenvalue weighted by atomic mass is 10.1. The van der Waals surface area contributed by atoms with Gasteiger partial charge in [0, 0.05) is 31.8 Å². The summed E-state index contributed by atoms with van der Waals surface area (Å²) in [5.41, 5.74) is 2.22. The van der Waals surface area contributed by atoms with Crippen molar-refractivity contribution in [1.82, 2.24) is 4.90 Å². The van der Waals surface area contributed by atoms with Crippen molar-refractivity contribution in [3.63, 3.8) is 0 Å². The van der Waals surface area contributed by atoms with E-state index in [9.17, 15) is 5.11 Å². The number of para-hydroxylation sites is 1. The largest absolute Gasteiger partial charge is 0.493 e. The van der Waals surface area contributed by atoms with Crippen molar-refractivity contribution in [2.45, 2.75) is 33.0 Å². The molecule has 28 heavy (non-hydrogen) atoms. The SMILES string of the molecule is COc1cccc(CN(Cc2ccccc2)CC(O)COCC(C)C)c1OC. The van der Waals surface area contributed by atoms with E-state index in [1.807, 2.05) is 36.4 Å². The van der Waals surface area contributed by atoms with E-state index in [-0.39, 0.29) is 0 Å². The Bertz CT molecular complexity index is 690. The molecule has 0 spiro atoms. The van der Waals surface area contributed by atoms with Crippen molar-refractivity contribution in [2.75, 3.05) is 34.0 Å². The summed E-state index contributed by atoms with van der Waals surface area (Å²) >= 11 is 0. The molecule has 0 aliphatic heterocycles. The monoisotopic (exact) mass is 387 g/mol. The fourth-order valence-corrected chi connectivity index (χ4v) is 3.14. The Morgan fingerprint density at radius 3 is 2.29 bits per heavy atom. The summed E-state index contributed by atoms with van der Waals surface area (Å²) in [5, 5.41) is 10.5. The molecule has 1 atom stereocenters. The van der Waals surface area contributed by atoms with E-state index in [1.165, 1.54) is 5.56 Å². The summed E-state index contributed by atoms with van der Waals surface area (Å²) in [4.78, 5) is 2.20. The van der Waals surface area contributed by atoms with E-state index in [1.54, 1.807) is 14.2 Å². The van der Waals surface area contributed by atoms with E-state index in [4.69, 9.17) is 14.2 Å². The molecule has 5 heteroatoms. The molecule has 2 rings (SSSR count). The van der Waals surface area contributed by atoms with Crippen molar-refractivity contribution in [2.24, 2.45) is 5.92 Å². The second-order valence-electron chi connectivity index (χ2n) is 7.39. The zero-order valence-electron chi connectivity index (χ0n) is 17.4. The summed E-state index contributed by atoms with van der Waals surface area (Å²) in [5.74, 6) is 1.89. The van der Waals surface area contributed by atoms with Crippen molar-refractivity contribution < 1.29 is 19.3 Å². The first kappa shape index (κ1) is 22.2. The Morgan fingerprint density at radius 1 is 0.893 bits per heavy atom. The minimum absolute atomic E-state index is 0.332. The van der Waals surface area contributed by atoms with Gasteiger partial charge in [0.1, 0.15) is 0 Å². The number of aliphatic hydroxyl groups excluding tert-OH is 1. The molecule has 2 aromatic carbocycles. The maximum atomic E-state index is 10.5. The minimum atomic E-state index is -0.556. The Hall–Kier alpha value is -2.08. The topological polar surface area (TPSA) is 51.2 Å². The van der Waals surface area contributed by atoms with Crippen molar-refractivity contribution in [1.29, 1.82) is 0 Å². The molecule has 0 bridgehead atoms. The van der Waals surface area contributed by atoms with Crippen LogP contribution in [-0.4, -0.2) is 50.1 Å². The van der Waals surface area contributed by atoms with Gasteiger partial charge in [-0.15, -0.1) is 0 Å². The van der Waals surface area contributed by atoms with Crippen LogP contribution in [0.5, 0.6) is 11.5 Å². The van der Waals surface area contributed by atoms with Gasteiger partial charge in [-0.2, -0.15) is 0 Å². The van der Waals surface area contributed by atoms with Crippen molar-refractivity contribution in [3.8, 4) is 11.5 Å². The number of hydrogen-bond acceptors (Lipinski definition) is 5. The lowest BCUT2D eigenvalue weighted by Crippen LogP contribution is -2.34. The van der Waals surface area contributed by atoms with Crippen LogP contribution in [0.4, 0.5) is 0 Å². The first-order valence-corrected chi connectivity index (χ1v) is 9.75. The summed E-state index contributed by atoms with van der Waals surface area (Å²) < 4.78 is 16.6. The third kappa shape index (κ3) is 7.15. The van der Waals surface area contributed by atoms with Gasteiger partial charge in [-0.1, -0.05) is 56.3 Å². The highest BCUT2D eigenvalue weighted by Crippen LogP contribution is 2.31. The van der Waals surface area contributed by atoms with E-state index >= 15 is 0 Å². The molecule has 1 unspecified atom stereocenters. The van der Waals surface area contributed by atoms with Gasteiger partial charge in [0.05, 0.1) is 26.9 Å². The van der Waals surface area contributed by atoms with Crippen LogP contribution < -0.4 is 9.47 Å². The average molecular weight is 388 g/mol. The van der Waals surface area contributed by atoms with Gasteiger partial charge < -0.3 is 19.3 Å². The van der Waals surface area contributed by atoms with Gasteiger partial charge >= 0.3 is 0 Å². The van der Waals surface area contributed by atoms with Crippen molar-refractivity contribution >= 4 is 0 Å². The van der Waals surface area contributed by atoms with Gasteiger partial charge in [-0.05, 0) is 17.5 Å². The predicted molar refractivity (Wildman–Crippen MR) is 112 cm³/mol. The second-order valence-corrected chi connectivity index (χ2v) is 7.39. The fourth-order valence-electron chi connectivity index (χ4n) is 3.14. The molecule has 154 valence electrons. The highest BCUT2D eigenvalue weighted by atomic mass is 16.5. The lowest BCUT2D eigenvalue weighted by Gasteiger charge is -2.26. The van der Waals surface area contributed by atoms with Crippen LogP contribution in [0.3, 0.4) is 0 Å². The summed E-state index contributed by atoms with van der Waals surface area (Å²) in [6.07, 6.45) is -0.556. The smallest absolute Gasteiger partial charge is 0.165 e. The lowest BCUT2D eigenvalue weighted by molar-refractivity contribution is 0.00544. The molecule has 0 saturated carbocycles. The molecule has 0 amide bonds. The molecule has 0 aromatic heterocycles. The first-order valence-electron chi connectivity index (χ1n) is 9.75. The standard InChI is InChI=1S/C23H33NO4/c1-18(2)16-28-17-21(25)15-24(13-19-9-6-5-7-10-19)14-20-11-8-12-22(26-3)23(20)27-4/h5-12,18,21,25H,13-17H2,1-4H3. The molecule has 0 radical (unpaired) electrons. The number of benzene rings is 2. The highest BCUT2D eigenvalue weighted by Gasteiger charge is 2.17. The van der Waals surface area contributed by atoms with Gasteiger partial charge in [-0.25, -0.2) is 0 Å². The maximum absolute atomic E-state index is 10.5. The number of ether oxygens (including phenoxy) is 3. The number of hydrogen-bond donors (Lipinski definition) is 1. The third-order valence-corrected chi connectivity index (χ3v) is 4.36. The van der Waals surface area contributed by atoms with Gasteiger partial charge in [0.25, 0.3) is 0 Å². The van der Waals surface area contributed by atoms with E-state index < -0.39 is 6.10 Å². The molecule has 1 N–H and O–H groups in total. The summed E-state index contributed by atoms with van der Waals surface area (Å²) in [7, 11) is 3.29. The Kier molecular flexibility index (Phi) is 9.28. The van der Waals surface area contributed by atoms with Crippen LogP contribution >= 0.6 is 0 Å². The fraction of sp³-hybridized carbons (Fsp3) is 0.478. The van der Waals surface area contributed by atoms with E-state index in [2.05, 4.69) is 30.9 Å². The predicted octanol–water partition coefficient (Wildman–Crippen LogP) is 3.74. The molecular weight excluding hydrogens is 354 g/mol. The van der Waals surface area contributed by atoms with Crippen LogP contribution in [0.2, 0.25) is 0 Å². The molecule has 0 aliphatic rings. The third-order valence-electron chi connectivity index (χ3n) is 4.36. The molecule has 0 aliphatic carbocycles. The summed E-state index contributed by atoms with van der Waals surface area (Å²) in [6, 6.07) is 16.1. The maximum Gasteiger partial charge on any atom is 0.165 e. The number of methoxy groups -OCH3 is 2. The van der Waals surface area contributed by atoms with Gasteiger partial charge in [-0.3, -0.25) is 4.90 Å². The first-order chi connectivity index (χ1) is 13.5.